The second-order valence-electron chi connectivity index (χ2n) is 6.58. The van der Waals surface area contributed by atoms with Gasteiger partial charge in [0, 0.05) is 25.2 Å². The van der Waals surface area contributed by atoms with Crippen LogP contribution in [0.25, 0.3) is 0 Å². The van der Waals surface area contributed by atoms with Gasteiger partial charge in [0.15, 0.2) is 5.82 Å². The summed E-state index contributed by atoms with van der Waals surface area (Å²) in [5.74, 6) is 0.821. The number of likely N-dealkylation sites (tertiary alicyclic amines) is 1. The van der Waals surface area contributed by atoms with Crippen LogP contribution in [0.2, 0.25) is 5.02 Å². The average molecular weight is 385 g/mol. The van der Waals surface area contributed by atoms with Gasteiger partial charge in [-0.2, -0.15) is 4.98 Å². The first kappa shape index (κ1) is 17.5. The SMILES string of the molecule is Cc1noc([C@H]2CN(C(=O)c3c[nH]c(=O)c(Cl)c3)C[C@H]2c2ccccc2)n1. The number of H-pyrrole nitrogens is 1. The highest BCUT2D eigenvalue weighted by Gasteiger charge is 2.40. The number of nitrogens with one attached hydrogen (secondary N) is 1. The quantitative estimate of drug-likeness (QED) is 0.749. The molecule has 0 spiro atoms. The summed E-state index contributed by atoms with van der Waals surface area (Å²) in [7, 11) is 0. The fourth-order valence-corrected chi connectivity index (χ4v) is 3.66. The first-order valence-corrected chi connectivity index (χ1v) is 8.93. The molecule has 7 nitrogen and oxygen atoms in total. The van der Waals surface area contributed by atoms with E-state index in [0.29, 0.717) is 30.4 Å². The molecule has 1 aliphatic rings. The Balaban J connectivity index is 1.66. The number of aromatic amines is 1. The topological polar surface area (TPSA) is 92.1 Å². The van der Waals surface area contributed by atoms with E-state index >= 15 is 0 Å². The Morgan fingerprint density at radius 2 is 2.00 bits per heavy atom. The summed E-state index contributed by atoms with van der Waals surface area (Å²) >= 11 is 5.87. The molecule has 1 saturated heterocycles. The predicted molar refractivity (Wildman–Crippen MR) is 98.9 cm³/mol. The fourth-order valence-electron chi connectivity index (χ4n) is 3.48. The van der Waals surface area contributed by atoms with Crippen molar-refractivity contribution in [2.45, 2.75) is 18.8 Å². The molecular formula is C19H17ClN4O3. The van der Waals surface area contributed by atoms with E-state index in [1.807, 2.05) is 30.3 Å². The lowest BCUT2D eigenvalue weighted by atomic mass is 9.89. The van der Waals surface area contributed by atoms with Gasteiger partial charge in [-0.15, -0.1) is 0 Å². The van der Waals surface area contributed by atoms with E-state index in [9.17, 15) is 9.59 Å². The van der Waals surface area contributed by atoms with E-state index < -0.39 is 5.56 Å². The second kappa shape index (κ2) is 7.00. The highest BCUT2D eigenvalue weighted by Crippen LogP contribution is 2.39. The molecule has 0 bridgehead atoms. The van der Waals surface area contributed by atoms with Crippen LogP contribution in [0.15, 0.2) is 51.9 Å². The van der Waals surface area contributed by atoms with Crippen molar-refractivity contribution in [2.24, 2.45) is 0 Å². The molecule has 0 saturated carbocycles. The molecule has 1 amide bonds. The molecule has 0 radical (unpaired) electrons. The standard InChI is InChI=1S/C19H17ClN4O3/c1-11-22-18(27-23-11)15-10-24(9-14(15)12-5-3-2-4-6-12)19(26)13-7-16(20)17(25)21-8-13/h2-8,14-15H,9-10H2,1H3,(H,21,25)/t14-,15-/m0/s1. The van der Waals surface area contributed by atoms with Crippen molar-refractivity contribution in [1.82, 2.24) is 20.0 Å². The lowest BCUT2D eigenvalue weighted by Gasteiger charge is -2.16. The molecule has 0 aliphatic carbocycles. The minimum absolute atomic E-state index is 0.0104. The molecule has 1 N–H and O–H groups in total. The van der Waals surface area contributed by atoms with Gasteiger partial charge in [-0.05, 0) is 18.6 Å². The number of benzene rings is 1. The number of amides is 1. The van der Waals surface area contributed by atoms with Crippen molar-refractivity contribution >= 4 is 17.5 Å². The third-order valence-electron chi connectivity index (χ3n) is 4.80. The highest BCUT2D eigenvalue weighted by molar-refractivity contribution is 6.30. The van der Waals surface area contributed by atoms with Crippen LogP contribution < -0.4 is 5.56 Å². The summed E-state index contributed by atoms with van der Waals surface area (Å²) in [6.07, 6.45) is 1.39. The van der Waals surface area contributed by atoms with Crippen molar-refractivity contribution in [3.05, 3.63) is 80.8 Å². The Labute approximate surface area is 160 Å². The summed E-state index contributed by atoms with van der Waals surface area (Å²) in [5, 5.41) is 3.88. The Morgan fingerprint density at radius 3 is 2.67 bits per heavy atom. The molecule has 1 aliphatic heterocycles. The zero-order chi connectivity index (χ0) is 19.0. The summed E-state index contributed by atoms with van der Waals surface area (Å²) in [5.41, 5.74) is 1.03. The molecule has 138 valence electrons. The third kappa shape index (κ3) is 3.38. The molecule has 3 aromatic rings. The molecule has 4 rings (SSSR count). The first-order valence-electron chi connectivity index (χ1n) is 8.55. The largest absolute Gasteiger partial charge is 0.339 e. The van der Waals surface area contributed by atoms with Gasteiger partial charge in [0.05, 0.1) is 11.5 Å². The van der Waals surface area contributed by atoms with Gasteiger partial charge in [-0.25, -0.2) is 0 Å². The highest BCUT2D eigenvalue weighted by atomic mass is 35.5. The second-order valence-corrected chi connectivity index (χ2v) is 6.99. The minimum Gasteiger partial charge on any atom is -0.339 e. The maximum Gasteiger partial charge on any atom is 0.266 e. The molecule has 27 heavy (non-hydrogen) atoms. The van der Waals surface area contributed by atoms with Gasteiger partial charge < -0.3 is 14.4 Å². The molecule has 3 heterocycles. The summed E-state index contributed by atoms with van der Waals surface area (Å²) in [6.45, 7) is 2.72. The number of rotatable bonds is 3. The smallest absolute Gasteiger partial charge is 0.266 e. The van der Waals surface area contributed by atoms with E-state index in [1.54, 1.807) is 11.8 Å². The number of carbonyl (C=O) groups excluding carboxylic acids is 1. The number of hydrogen-bond acceptors (Lipinski definition) is 5. The maximum absolute atomic E-state index is 12.9. The number of hydrogen-bond donors (Lipinski definition) is 1. The van der Waals surface area contributed by atoms with Crippen LogP contribution in [-0.2, 0) is 0 Å². The van der Waals surface area contributed by atoms with E-state index in [1.165, 1.54) is 12.3 Å². The normalized spacial score (nSPS) is 19.4. The predicted octanol–water partition coefficient (Wildman–Crippen LogP) is 2.74. The van der Waals surface area contributed by atoms with Crippen LogP contribution in [0.1, 0.15) is 39.5 Å². The Hall–Kier alpha value is -2.93. The number of pyridine rings is 1. The fraction of sp³-hybridized carbons (Fsp3) is 0.263. The van der Waals surface area contributed by atoms with Crippen molar-refractivity contribution in [1.29, 1.82) is 0 Å². The van der Waals surface area contributed by atoms with E-state index in [4.69, 9.17) is 16.1 Å². The summed E-state index contributed by atoms with van der Waals surface area (Å²) < 4.78 is 5.40. The van der Waals surface area contributed by atoms with Crippen LogP contribution >= 0.6 is 11.6 Å². The first-order chi connectivity index (χ1) is 13.0. The molecule has 0 unspecified atom stereocenters. The molecule has 1 fully saturated rings. The number of aromatic nitrogens is 3. The third-order valence-corrected chi connectivity index (χ3v) is 5.08. The van der Waals surface area contributed by atoms with Gasteiger partial charge in [0.25, 0.3) is 11.5 Å². The molecular weight excluding hydrogens is 368 g/mol. The van der Waals surface area contributed by atoms with E-state index in [2.05, 4.69) is 15.1 Å². The van der Waals surface area contributed by atoms with Crippen LogP contribution in [0.4, 0.5) is 0 Å². The molecule has 1 aromatic carbocycles. The van der Waals surface area contributed by atoms with E-state index in [-0.39, 0.29) is 22.8 Å². The Bertz CT molecular complexity index is 1030. The van der Waals surface area contributed by atoms with E-state index in [0.717, 1.165) is 5.56 Å². The summed E-state index contributed by atoms with van der Waals surface area (Å²) in [6, 6.07) is 11.4. The Kier molecular flexibility index (Phi) is 4.53. The lowest BCUT2D eigenvalue weighted by Crippen LogP contribution is -2.29. The minimum atomic E-state index is -0.420. The van der Waals surface area contributed by atoms with Gasteiger partial charge in [0.1, 0.15) is 5.02 Å². The number of carbonyl (C=O) groups is 1. The number of halogens is 1. The van der Waals surface area contributed by atoms with Crippen LogP contribution in [0.3, 0.4) is 0 Å². The number of aryl methyl sites for hydroxylation is 1. The van der Waals surface area contributed by atoms with Crippen molar-refractivity contribution in [3.63, 3.8) is 0 Å². The van der Waals surface area contributed by atoms with Crippen LogP contribution in [0.5, 0.6) is 0 Å². The number of nitrogens with zero attached hydrogens (tertiary/aromatic N) is 3. The lowest BCUT2D eigenvalue weighted by molar-refractivity contribution is 0.0787. The van der Waals surface area contributed by atoms with Gasteiger partial charge in [-0.1, -0.05) is 47.1 Å². The van der Waals surface area contributed by atoms with Crippen molar-refractivity contribution in [2.75, 3.05) is 13.1 Å². The maximum atomic E-state index is 12.9. The van der Waals surface area contributed by atoms with Gasteiger partial charge in [0.2, 0.25) is 5.89 Å². The van der Waals surface area contributed by atoms with Gasteiger partial charge >= 0.3 is 0 Å². The zero-order valence-electron chi connectivity index (χ0n) is 14.6. The van der Waals surface area contributed by atoms with Gasteiger partial charge in [-0.3, -0.25) is 9.59 Å². The Morgan fingerprint density at radius 1 is 1.26 bits per heavy atom. The van der Waals surface area contributed by atoms with Crippen molar-refractivity contribution < 1.29 is 9.32 Å². The van der Waals surface area contributed by atoms with Crippen LogP contribution in [-0.4, -0.2) is 39.0 Å². The van der Waals surface area contributed by atoms with Crippen LogP contribution in [0, 0.1) is 6.92 Å². The monoisotopic (exact) mass is 384 g/mol. The molecule has 2 atom stereocenters. The zero-order valence-corrected chi connectivity index (χ0v) is 15.3. The average Bonchev–Trinajstić information content (AvgIpc) is 3.30. The van der Waals surface area contributed by atoms with Crippen molar-refractivity contribution in [3.8, 4) is 0 Å². The molecule has 2 aromatic heterocycles. The molecule has 8 heteroatoms. The summed E-state index contributed by atoms with van der Waals surface area (Å²) in [4.78, 5) is 33.0.